The molecule has 0 spiro atoms. The van der Waals surface area contributed by atoms with Crippen molar-refractivity contribution in [3.63, 3.8) is 0 Å². The Bertz CT molecular complexity index is 1130. The monoisotopic (exact) mass is 432 g/mol. The van der Waals surface area contributed by atoms with E-state index < -0.39 is 0 Å². The molecule has 8 heteroatoms. The summed E-state index contributed by atoms with van der Waals surface area (Å²) in [7, 11) is 0. The van der Waals surface area contributed by atoms with Crippen LogP contribution in [0.4, 0.5) is 10.8 Å². The highest BCUT2D eigenvalue weighted by atomic mass is 32.1. The molecule has 2 heterocycles. The second kappa shape index (κ2) is 8.93. The Morgan fingerprint density at radius 3 is 2.58 bits per heavy atom. The average molecular weight is 433 g/mol. The van der Waals surface area contributed by atoms with Crippen molar-refractivity contribution in [2.24, 2.45) is 0 Å². The Labute approximate surface area is 183 Å². The molecule has 156 valence electrons. The van der Waals surface area contributed by atoms with E-state index in [4.69, 9.17) is 0 Å². The fraction of sp³-hybridized carbons (Fsp3) is 0.130. The van der Waals surface area contributed by atoms with Gasteiger partial charge < -0.3 is 0 Å². The van der Waals surface area contributed by atoms with Gasteiger partial charge in [0.05, 0.1) is 11.4 Å². The molecule has 1 aliphatic heterocycles. The Morgan fingerprint density at radius 2 is 1.87 bits per heavy atom. The van der Waals surface area contributed by atoms with Crippen molar-refractivity contribution in [3.8, 4) is 11.3 Å². The first-order valence-electron chi connectivity index (χ1n) is 9.73. The zero-order chi connectivity index (χ0) is 21.8. The topological polar surface area (TPSA) is 82.6 Å². The van der Waals surface area contributed by atoms with Gasteiger partial charge in [-0.1, -0.05) is 36.4 Å². The molecule has 0 unspecified atom stereocenters. The fourth-order valence-electron chi connectivity index (χ4n) is 3.20. The number of carbonyl (C=O) groups is 3. The molecule has 7 nitrogen and oxygen atoms in total. The van der Waals surface area contributed by atoms with Crippen molar-refractivity contribution in [1.82, 2.24) is 10.4 Å². The van der Waals surface area contributed by atoms with Crippen molar-refractivity contribution in [2.45, 2.75) is 12.8 Å². The third-order valence-corrected chi connectivity index (χ3v) is 5.64. The first-order valence-corrected chi connectivity index (χ1v) is 10.6. The molecule has 1 aromatic heterocycles. The Morgan fingerprint density at radius 1 is 1.13 bits per heavy atom. The maximum absolute atomic E-state index is 13.2. The highest BCUT2D eigenvalue weighted by molar-refractivity contribution is 7.14. The van der Waals surface area contributed by atoms with Gasteiger partial charge >= 0.3 is 0 Å². The number of thiazole rings is 1. The number of hydrazine groups is 1. The summed E-state index contributed by atoms with van der Waals surface area (Å²) in [6, 6.07) is 16.3. The van der Waals surface area contributed by atoms with E-state index in [1.54, 1.807) is 35.2 Å². The Kier molecular flexibility index (Phi) is 5.90. The largest absolute Gasteiger partial charge is 0.280 e. The molecule has 0 radical (unpaired) electrons. The van der Waals surface area contributed by atoms with Crippen LogP contribution in [0, 0.1) is 0 Å². The summed E-state index contributed by atoms with van der Waals surface area (Å²) in [5.74, 6) is -0.632. The number of aromatic nitrogens is 1. The standard InChI is InChI=1S/C23H20N4O3S/c1-2-14-26(23-24-19(15-31-23)16-6-4-3-5-7-16)22(30)17-8-10-18(11-9-17)27-21(29)13-12-20(28)25-27/h2-11,15H,1,12-14H2,(H,25,28). The number of hydrogen-bond donors (Lipinski definition) is 1. The second-order valence-electron chi connectivity index (χ2n) is 6.90. The fourth-order valence-corrected chi connectivity index (χ4v) is 4.04. The van der Waals surface area contributed by atoms with Crippen molar-refractivity contribution in [3.05, 3.63) is 78.2 Å². The van der Waals surface area contributed by atoms with E-state index in [1.807, 2.05) is 35.7 Å². The summed E-state index contributed by atoms with van der Waals surface area (Å²) < 4.78 is 0. The Hall–Kier alpha value is -3.78. The van der Waals surface area contributed by atoms with Crippen LogP contribution in [-0.2, 0) is 9.59 Å². The lowest BCUT2D eigenvalue weighted by molar-refractivity contribution is -0.130. The summed E-state index contributed by atoms with van der Waals surface area (Å²) in [4.78, 5) is 43.1. The summed E-state index contributed by atoms with van der Waals surface area (Å²) in [5.41, 5.74) is 5.28. The number of carbonyl (C=O) groups excluding carboxylic acids is 3. The van der Waals surface area contributed by atoms with Crippen molar-refractivity contribution >= 4 is 39.9 Å². The molecule has 31 heavy (non-hydrogen) atoms. The van der Waals surface area contributed by atoms with Gasteiger partial charge in [-0.25, -0.2) is 9.99 Å². The van der Waals surface area contributed by atoms with Crippen LogP contribution in [0.3, 0.4) is 0 Å². The molecular formula is C23H20N4O3S. The van der Waals surface area contributed by atoms with Crippen LogP contribution in [0.15, 0.2) is 72.6 Å². The average Bonchev–Trinajstić information content (AvgIpc) is 3.29. The van der Waals surface area contributed by atoms with Crippen LogP contribution in [0.5, 0.6) is 0 Å². The molecule has 0 atom stereocenters. The quantitative estimate of drug-likeness (QED) is 0.601. The summed E-state index contributed by atoms with van der Waals surface area (Å²) >= 11 is 1.39. The minimum absolute atomic E-state index is 0.160. The first-order chi connectivity index (χ1) is 15.1. The molecule has 3 amide bonds. The molecular weight excluding hydrogens is 412 g/mol. The van der Waals surface area contributed by atoms with Gasteiger partial charge in [-0.05, 0) is 24.3 Å². The van der Waals surface area contributed by atoms with E-state index in [-0.39, 0.29) is 30.6 Å². The summed E-state index contributed by atoms with van der Waals surface area (Å²) in [5, 5.41) is 3.71. The van der Waals surface area contributed by atoms with Crippen molar-refractivity contribution in [1.29, 1.82) is 0 Å². The molecule has 1 saturated heterocycles. The lowest BCUT2D eigenvalue weighted by Gasteiger charge is -2.27. The zero-order valence-corrected chi connectivity index (χ0v) is 17.5. The number of amides is 3. The smallest absolute Gasteiger partial charge is 0.260 e. The number of benzene rings is 2. The van der Waals surface area contributed by atoms with Gasteiger partial charge in [-0.2, -0.15) is 0 Å². The molecule has 0 aliphatic carbocycles. The lowest BCUT2D eigenvalue weighted by Crippen LogP contribution is -2.50. The van der Waals surface area contributed by atoms with Crippen LogP contribution < -0.4 is 15.3 Å². The molecule has 0 bridgehead atoms. The van der Waals surface area contributed by atoms with Gasteiger partial charge in [-0.3, -0.25) is 24.7 Å². The van der Waals surface area contributed by atoms with Crippen LogP contribution in [0.1, 0.15) is 23.2 Å². The maximum Gasteiger partial charge on any atom is 0.260 e. The van der Waals surface area contributed by atoms with Crippen LogP contribution in [0.2, 0.25) is 0 Å². The van der Waals surface area contributed by atoms with Gasteiger partial charge in [0.2, 0.25) is 11.8 Å². The molecule has 1 fully saturated rings. The SMILES string of the molecule is C=CCN(C(=O)c1ccc(N2NC(=O)CCC2=O)cc1)c1nc(-c2ccccc2)cs1. The minimum Gasteiger partial charge on any atom is -0.280 e. The normalized spacial score (nSPS) is 13.6. The molecule has 1 aliphatic rings. The van der Waals surface area contributed by atoms with Gasteiger partial charge in [0, 0.05) is 35.9 Å². The van der Waals surface area contributed by atoms with Gasteiger partial charge in [0.25, 0.3) is 5.91 Å². The zero-order valence-electron chi connectivity index (χ0n) is 16.7. The first kappa shape index (κ1) is 20.5. The van der Waals surface area contributed by atoms with E-state index in [2.05, 4.69) is 17.0 Å². The number of nitrogens with zero attached hydrogens (tertiary/aromatic N) is 3. The molecule has 3 aromatic rings. The number of nitrogens with one attached hydrogen (secondary N) is 1. The molecule has 2 aromatic carbocycles. The number of hydrogen-bond acceptors (Lipinski definition) is 5. The van der Waals surface area contributed by atoms with Crippen molar-refractivity contribution < 1.29 is 14.4 Å². The van der Waals surface area contributed by atoms with E-state index >= 15 is 0 Å². The minimum atomic E-state index is -0.227. The third-order valence-electron chi connectivity index (χ3n) is 4.77. The van der Waals surface area contributed by atoms with E-state index in [1.165, 1.54) is 16.3 Å². The number of anilines is 2. The highest BCUT2D eigenvalue weighted by Gasteiger charge is 2.25. The Balaban J connectivity index is 1.56. The van der Waals surface area contributed by atoms with Crippen LogP contribution in [-0.4, -0.2) is 29.3 Å². The summed E-state index contributed by atoms with van der Waals surface area (Å²) in [6.45, 7) is 4.06. The third kappa shape index (κ3) is 4.39. The van der Waals surface area contributed by atoms with E-state index in [0.29, 0.717) is 22.9 Å². The number of rotatable bonds is 6. The van der Waals surface area contributed by atoms with Crippen LogP contribution >= 0.6 is 11.3 Å². The summed E-state index contributed by atoms with van der Waals surface area (Å²) in [6.07, 6.45) is 1.99. The molecule has 4 rings (SSSR count). The van der Waals surface area contributed by atoms with Crippen molar-refractivity contribution in [2.75, 3.05) is 16.5 Å². The lowest BCUT2D eigenvalue weighted by atomic mass is 10.1. The predicted molar refractivity (Wildman–Crippen MR) is 121 cm³/mol. The highest BCUT2D eigenvalue weighted by Crippen LogP contribution is 2.28. The predicted octanol–water partition coefficient (Wildman–Crippen LogP) is 3.80. The van der Waals surface area contributed by atoms with Gasteiger partial charge in [0.1, 0.15) is 0 Å². The molecule has 1 N–H and O–H groups in total. The van der Waals surface area contributed by atoms with E-state index in [0.717, 1.165) is 11.3 Å². The second-order valence-corrected chi connectivity index (χ2v) is 7.73. The van der Waals surface area contributed by atoms with Crippen LogP contribution in [0.25, 0.3) is 11.3 Å². The molecule has 0 saturated carbocycles. The maximum atomic E-state index is 13.2. The van der Waals surface area contributed by atoms with E-state index in [9.17, 15) is 14.4 Å². The van der Waals surface area contributed by atoms with Gasteiger partial charge in [-0.15, -0.1) is 17.9 Å². The van der Waals surface area contributed by atoms with Gasteiger partial charge in [0.15, 0.2) is 5.13 Å².